The molecule has 0 saturated heterocycles. The molecule has 0 saturated carbocycles. The lowest BCUT2D eigenvalue weighted by molar-refractivity contribution is 0.269. The second-order valence-electron chi connectivity index (χ2n) is 5.69. The molecule has 7 heteroatoms. The zero-order valence-corrected chi connectivity index (χ0v) is 17.5. The summed E-state index contributed by atoms with van der Waals surface area (Å²) in [5, 5.41) is 6.99. The molecular weight excluding hydrogens is 426 g/mol. The Balaban J connectivity index is 1.74. The largest absolute Gasteiger partial charge is 0.490 e. The van der Waals surface area contributed by atoms with E-state index in [0.29, 0.717) is 24.7 Å². The van der Waals surface area contributed by atoms with Crippen LogP contribution in [0.4, 0.5) is 5.13 Å². The summed E-state index contributed by atoms with van der Waals surface area (Å²) in [7, 11) is 0. The first-order valence-electron chi connectivity index (χ1n) is 8.50. The second kappa shape index (κ2) is 9.53. The van der Waals surface area contributed by atoms with E-state index >= 15 is 0 Å². The molecule has 0 unspecified atom stereocenters. The number of thiazole rings is 1. The smallest absolute Gasteiger partial charge is 0.203 e. The first-order valence-corrected chi connectivity index (χ1v) is 10.2. The summed E-state index contributed by atoms with van der Waals surface area (Å²) in [5.74, 6) is 1.37. The third kappa shape index (κ3) is 5.55. The van der Waals surface area contributed by atoms with Gasteiger partial charge in [-0.25, -0.2) is 4.98 Å². The molecule has 1 aromatic heterocycles. The molecule has 140 valence electrons. The average Bonchev–Trinajstić information content (AvgIpc) is 3.09. The minimum Gasteiger partial charge on any atom is -0.490 e. The van der Waals surface area contributed by atoms with Crippen LogP contribution in [0.1, 0.15) is 23.7 Å². The van der Waals surface area contributed by atoms with Crippen LogP contribution in [0.25, 0.3) is 0 Å². The van der Waals surface area contributed by atoms with Crippen LogP contribution in [0.5, 0.6) is 11.5 Å². The zero-order valence-electron chi connectivity index (χ0n) is 15.1. The van der Waals surface area contributed by atoms with Crippen LogP contribution < -0.4 is 14.9 Å². The van der Waals surface area contributed by atoms with E-state index in [9.17, 15) is 0 Å². The predicted octanol–water partition coefficient (Wildman–Crippen LogP) is 5.64. The number of aromatic nitrogens is 1. The van der Waals surface area contributed by atoms with E-state index in [1.165, 1.54) is 11.3 Å². The van der Waals surface area contributed by atoms with E-state index in [1.807, 2.05) is 61.7 Å². The number of hydrogen-bond acceptors (Lipinski definition) is 6. The van der Waals surface area contributed by atoms with Crippen molar-refractivity contribution < 1.29 is 9.47 Å². The molecule has 0 bridgehead atoms. The van der Waals surface area contributed by atoms with Gasteiger partial charge in [0.25, 0.3) is 0 Å². The average molecular weight is 446 g/mol. The summed E-state index contributed by atoms with van der Waals surface area (Å²) in [4.78, 5) is 4.32. The normalized spacial score (nSPS) is 10.9. The molecule has 0 aliphatic heterocycles. The van der Waals surface area contributed by atoms with Crippen molar-refractivity contribution in [2.75, 3.05) is 12.0 Å². The third-order valence-corrected chi connectivity index (χ3v) is 5.13. The Morgan fingerprint density at radius 3 is 2.67 bits per heavy atom. The van der Waals surface area contributed by atoms with Crippen molar-refractivity contribution in [3.8, 4) is 11.5 Å². The van der Waals surface area contributed by atoms with Gasteiger partial charge in [-0.15, -0.1) is 11.3 Å². The van der Waals surface area contributed by atoms with Crippen molar-refractivity contribution in [2.45, 2.75) is 20.5 Å². The molecule has 0 amide bonds. The van der Waals surface area contributed by atoms with Crippen molar-refractivity contribution in [1.29, 1.82) is 0 Å². The van der Waals surface area contributed by atoms with Gasteiger partial charge in [-0.1, -0.05) is 30.3 Å². The number of halogens is 1. The highest BCUT2D eigenvalue weighted by Crippen LogP contribution is 2.34. The van der Waals surface area contributed by atoms with E-state index in [2.05, 4.69) is 31.4 Å². The summed E-state index contributed by atoms with van der Waals surface area (Å²) < 4.78 is 12.6. The van der Waals surface area contributed by atoms with Crippen LogP contribution in [0, 0.1) is 6.92 Å². The number of benzene rings is 2. The van der Waals surface area contributed by atoms with Crippen LogP contribution in [-0.2, 0) is 6.61 Å². The van der Waals surface area contributed by atoms with Gasteiger partial charge in [0, 0.05) is 15.4 Å². The molecule has 0 atom stereocenters. The molecule has 3 aromatic rings. The summed E-state index contributed by atoms with van der Waals surface area (Å²) in [6, 6.07) is 13.9. The Bertz CT molecular complexity index is 913. The quantitative estimate of drug-likeness (QED) is 0.360. The zero-order chi connectivity index (χ0) is 19.1. The van der Waals surface area contributed by atoms with Crippen LogP contribution in [0.3, 0.4) is 0 Å². The van der Waals surface area contributed by atoms with Crippen LogP contribution in [-0.4, -0.2) is 17.8 Å². The molecule has 0 fully saturated rings. The van der Waals surface area contributed by atoms with E-state index in [-0.39, 0.29) is 0 Å². The first-order chi connectivity index (χ1) is 13.2. The first kappa shape index (κ1) is 19.4. The maximum absolute atomic E-state index is 5.96. The third-order valence-electron chi connectivity index (χ3n) is 3.58. The lowest BCUT2D eigenvalue weighted by Gasteiger charge is -2.14. The number of anilines is 1. The number of rotatable bonds is 8. The van der Waals surface area contributed by atoms with Gasteiger partial charge in [0.15, 0.2) is 11.5 Å². The minimum absolute atomic E-state index is 0.478. The SMILES string of the molecule is CCOc1cc(C=NNc2nc(C)cs2)c(Br)cc1OCc1ccccc1. The monoisotopic (exact) mass is 445 g/mol. The van der Waals surface area contributed by atoms with Gasteiger partial charge in [0.1, 0.15) is 6.61 Å². The standard InChI is InChI=1S/C20H20BrN3O2S/c1-3-25-18-9-16(11-22-24-20-23-14(2)13-27-20)17(21)10-19(18)26-12-15-7-5-4-6-8-15/h4-11,13H,3,12H2,1-2H3,(H,23,24). The maximum atomic E-state index is 5.96. The van der Waals surface area contributed by atoms with Crippen molar-refractivity contribution >= 4 is 38.6 Å². The highest BCUT2D eigenvalue weighted by molar-refractivity contribution is 9.10. The lowest BCUT2D eigenvalue weighted by Crippen LogP contribution is -2.01. The molecule has 0 aliphatic rings. The summed E-state index contributed by atoms with van der Waals surface area (Å²) in [6.45, 7) is 4.93. The van der Waals surface area contributed by atoms with Crippen molar-refractivity contribution in [2.24, 2.45) is 5.10 Å². The molecule has 3 rings (SSSR count). The molecule has 1 N–H and O–H groups in total. The molecule has 0 aliphatic carbocycles. The predicted molar refractivity (Wildman–Crippen MR) is 114 cm³/mol. The number of ether oxygens (including phenoxy) is 2. The Hall–Kier alpha value is -2.38. The van der Waals surface area contributed by atoms with Gasteiger partial charge in [0.05, 0.1) is 18.5 Å². The minimum atomic E-state index is 0.478. The highest BCUT2D eigenvalue weighted by Gasteiger charge is 2.10. The van der Waals surface area contributed by atoms with Crippen molar-refractivity contribution in [1.82, 2.24) is 4.98 Å². The number of hydrazone groups is 1. The van der Waals surface area contributed by atoms with Crippen LogP contribution >= 0.6 is 27.3 Å². The second-order valence-corrected chi connectivity index (χ2v) is 7.40. The fraction of sp³-hybridized carbons (Fsp3) is 0.200. The van der Waals surface area contributed by atoms with Crippen molar-refractivity contribution in [3.05, 3.63) is 69.1 Å². The van der Waals surface area contributed by atoms with Crippen LogP contribution in [0.15, 0.2) is 57.4 Å². The molecular formula is C20H20BrN3O2S. The Kier molecular flexibility index (Phi) is 6.84. The summed E-state index contributed by atoms with van der Waals surface area (Å²) >= 11 is 5.10. The summed E-state index contributed by atoms with van der Waals surface area (Å²) in [5.41, 5.74) is 5.89. The fourth-order valence-electron chi connectivity index (χ4n) is 2.33. The molecule has 0 spiro atoms. The number of aryl methyl sites for hydroxylation is 1. The van der Waals surface area contributed by atoms with Gasteiger partial charge in [0.2, 0.25) is 5.13 Å². The topological polar surface area (TPSA) is 55.7 Å². The van der Waals surface area contributed by atoms with E-state index in [0.717, 1.165) is 26.4 Å². The van der Waals surface area contributed by atoms with Gasteiger partial charge in [-0.05, 0) is 47.5 Å². The van der Waals surface area contributed by atoms with E-state index < -0.39 is 0 Å². The highest BCUT2D eigenvalue weighted by atomic mass is 79.9. The van der Waals surface area contributed by atoms with E-state index in [1.54, 1.807) is 6.21 Å². The van der Waals surface area contributed by atoms with Gasteiger partial charge < -0.3 is 9.47 Å². The summed E-state index contributed by atoms with van der Waals surface area (Å²) in [6.07, 6.45) is 1.73. The van der Waals surface area contributed by atoms with Crippen molar-refractivity contribution in [3.63, 3.8) is 0 Å². The molecule has 2 aromatic carbocycles. The van der Waals surface area contributed by atoms with Gasteiger partial charge >= 0.3 is 0 Å². The van der Waals surface area contributed by atoms with E-state index in [4.69, 9.17) is 9.47 Å². The molecule has 0 radical (unpaired) electrons. The molecule has 5 nitrogen and oxygen atoms in total. The number of nitrogens with one attached hydrogen (secondary N) is 1. The van der Waals surface area contributed by atoms with Gasteiger partial charge in [-0.2, -0.15) is 5.10 Å². The number of nitrogens with zero attached hydrogens (tertiary/aromatic N) is 2. The van der Waals surface area contributed by atoms with Crippen LogP contribution in [0.2, 0.25) is 0 Å². The fourth-order valence-corrected chi connectivity index (χ4v) is 3.39. The Morgan fingerprint density at radius 2 is 1.96 bits per heavy atom. The Morgan fingerprint density at radius 1 is 1.19 bits per heavy atom. The maximum Gasteiger partial charge on any atom is 0.203 e. The molecule has 1 heterocycles. The molecule has 27 heavy (non-hydrogen) atoms. The Labute approximate surface area is 171 Å². The number of hydrogen-bond donors (Lipinski definition) is 1. The van der Waals surface area contributed by atoms with Gasteiger partial charge in [-0.3, -0.25) is 5.43 Å². The lowest BCUT2D eigenvalue weighted by atomic mass is 10.2.